The first kappa shape index (κ1) is 22.4. The lowest BCUT2D eigenvalue weighted by molar-refractivity contribution is -0.120. The summed E-state index contributed by atoms with van der Waals surface area (Å²) >= 11 is 18.1. The number of benzene rings is 3. The van der Waals surface area contributed by atoms with Crippen LogP contribution in [0.3, 0.4) is 0 Å². The van der Waals surface area contributed by atoms with Crippen LogP contribution in [0.15, 0.2) is 59.5 Å². The van der Waals surface area contributed by atoms with Crippen molar-refractivity contribution in [1.29, 1.82) is 0 Å². The molecule has 9 heteroatoms. The number of nitrogens with zero attached hydrogens (tertiary/aromatic N) is 1. The van der Waals surface area contributed by atoms with Gasteiger partial charge in [-0.15, -0.1) is 0 Å². The van der Waals surface area contributed by atoms with Crippen molar-refractivity contribution >= 4 is 67.2 Å². The largest absolute Gasteiger partial charge is 0.324 e. The number of nitrogens with one attached hydrogen (secondary N) is 1. The zero-order valence-corrected chi connectivity index (χ0v) is 19.4. The van der Waals surface area contributed by atoms with Gasteiger partial charge in [0.15, 0.2) is 0 Å². The molecule has 5 nitrogen and oxygen atoms in total. The molecule has 0 saturated carbocycles. The van der Waals surface area contributed by atoms with E-state index in [2.05, 4.69) is 5.32 Å². The number of sulfonamides is 1. The van der Waals surface area contributed by atoms with Gasteiger partial charge in [0.1, 0.15) is 0 Å². The highest BCUT2D eigenvalue weighted by molar-refractivity contribution is 7.89. The smallest absolute Gasteiger partial charge is 0.243 e. The average Bonchev–Trinajstić information content (AvgIpc) is 2.77. The third-order valence-corrected chi connectivity index (χ3v) is 8.28. The fourth-order valence-corrected chi connectivity index (χ4v) is 5.86. The van der Waals surface area contributed by atoms with Crippen LogP contribution in [0.5, 0.6) is 0 Å². The number of anilines is 1. The number of carbonyl (C=O) groups excluding carboxylic acids is 1. The molecular formula is C22H19Cl3N2O3S. The molecule has 0 aromatic heterocycles. The SMILES string of the molecule is O=C(Nc1cc(Cl)c(Cl)cc1Cl)[C@@H]1CCCN(S(=O)(=O)c2ccc3ccccc3c2)C1. The Labute approximate surface area is 195 Å². The molecule has 3 aromatic rings. The van der Waals surface area contributed by atoms with Crippen LogP contribution in [-0.4, -0.2) is 31.7 Å². The van der Waals surface area contributed by atoms with Crippen molar-refractivity contribution in [2.24, 2.45) is 5.92 Å². The Hall–Kier alpha value is -1.83. The summed E-state index contributed by atoms with van der Waals surface area (Å²) in [5, 5.41) is 5.39. The zero-order valence-electron chi connectivity index (χ0n) is 16.3. The van der Waals surface area contributed by atoms with E-state index < -0.39 is 15.9 Å². The van der Waals surface area contributed by atoms with Gasteiger partial charge in [-0.1, -0.05) is 65.1 Å². The first-order valence-corrected chi connectivity index (χ1v) is 12.3. The molecule has 0 aliphatic carbocycles. The molecule has 4 rings (SSSR count). The Morgan fingerprint density at radius 1 is 0.935 bits per heavy atom. The number of hydrogen-bond acceptors (Lipinski definition) is 3. The van der Waals surface area contributed by atoms with Gasteiger partial charge in [-0.25, -0.2) is 8.42 Å². The van der Waals surface area contributed by atoms with Crippen molar-refractivity contribution in [3.63, 3.8) is 0 Å². The molecule has 0 radical (unpaired) electrons. The summed E-state index contributed by atoms with van der Waals surface area (Å²) in [7, 11) is -3.72. The van der Waals surface area contributed by atoms with E-state index >= 15 is 0 Å². The van der Waals surface area contributed by atoms with E-state index in [1.165, 1.54) is 16.4 Å². The fraction of sp³-hybridized carbons (Fsp3) is 0.227. The third-order valence-electron chi connectivity index (χ3n) is 5.38. The summed E-state index contributed by atoms with van der Waals surface area (Å²) in [6.07, 6.45) is 1.16. The second kappa shape index (κ2) is 8.96. The van der Waals surface area contributed by atoms with Gasteiger partial charge in [0.05, 0.1) is 31.6 Å². The summed E-state index contributed by atoms with van der Waals surface area (Å²) in [6, 6.07) is 15.6. The van der Waals surface area contributed by atoms with E-state index in [1.54, 1.807) is 18.2 Å². The van der Waals surface area contributed by atoms with E-state index in [-0.39, 0.29) is 32.4 Å². The van der Waals surface area contributed by atoms with Crippen LogP contribution in [-0.2, 0) is 14.8 Å². The molecule has 1 fully saturated rings. The molecule has 0 unspecified atom stereocenters. The molecule has 0 bridgehead atoms. The van der Waals surface area contributed by atoms with Crippen molar-refractivity contribution in [1.82, 2.24) is 4.31 Å². The molecule has 1 heterocycles. The Bertz CT molecular complexity index is 1260. The molecule has 162 valence electrons. The summed E-state index contributed by atoms with van der Waals surface area (Å²) in [5.41, 5.74) is 0.343. The minimum atomic E-state index is -3.72. The highest BCUT2D eigenvalue weighted by atomic mass is 35.5. The molecule has 1 aliphatic heterocycles. The molecule has 1 amide bonds. The molecule has 1 atom stereocenters. The maximum absolute atomic E-state index is 13.2. The Kier molecular flexibility index (Phi) is 6.47. The van der Waals surface area contributed by atoms with Crippen molar-refractivity contribution in [2.75, 3.05) is 18.4 Å². The van der Waals surface area contributed by atoms with Gasteiger partial charge in [0.2, 0.25) is 15.9 Å². The second-order valence-corrected chi connectivity index (χ2v) is 10.6. The molecule has 31 heavy (non-hydrogen) atoms. The van der Waals surface area contributed by atoms with Gasteiger partial charge >= 0.3 is 0 Å². The Morgan fingerprint density at radius 2 is 1.65 bits per heavy atom. The average molecular weight is 498 g/mol. The fourth-order valence-electron chi connectivity index (χ4n) is 3.70. The van der Waals surface area contributed by atoms with Gasteiger partial charge in [-0.2, -0.15) is 4.31 Å². The summed E-state index contributed by atoms with van der Waals surface area (Å²) < 4.78 is 27.8. The predicted molar refractivity (Wildman–Crippen MR) is 126 cm³/mol. The Morgan fingerprint density at radius 3 is 2.42 bits per heavy atom. The maximum Gasteiger partial charge on any atom is 0.243 e. The second-order valence-electron chi connectivity index (χ2n) is 7.45. The minimum absolute atomic E-state index is 0.0972. The van der Waals surface area contributed by atoms with Crippen molar-refractivity contribution < 1.29 is 13.2 Å². The molecule has 1 saturated heterocycles. The maximum atomic E-state index is 13.2. The third kappa shape index (κ3) is 4.69. The molecule has 0 spiro atoms. The van der Waals surface area contributed by atoms with Crippen LogP contribution in [0.2, 0.25) is 15.1 Å². The van der Waals surface area contributed by atoms with E-state index in [0.29, 0.717) is 25.1 Å². The minimum Gasteiger partial charge on any atom is -0.324 e. The normalized spacial score (nSPS) is 17.6. The lowest BCUT2D eigenvalue weighted by Gasteiger charge is -2.31. The first-order valence-electron chi connectivity index (χ1n) is 9.70. The number of fused-ring (bicyclic) bond motifs is 1. The van der Waals surface area contributed by atoms with Crippen LogP contribution in [0.1, 0.15) is 12.8 Å². The highest BCUT2D eigenvalue weighted by Gasteiger charge is 2.33. The van der Waals surface area contributed by atoms with Gasteiger partial charge in [-0.3, -0.25) is 4.79 Å². The van der Waals surface area contributed by atoms with E-state index in [4.69, 9.17) is 34.8 Å². The molecular weight excluding hydrogens is 479 g/mol. The van der Waals surface area contributed by atoms with Crippen LogP contribution in [0, 0.1) is 5.92 Å². The van der Waals surface area contributed by atoms with Gasteiger partial charge in [0, 0.05) is 13.1 Å². The quantitative estimate of drug-likeness (QED) is 0.461. The number of carbonyl (C=O) groups is 1. The van der Waals surface area contributed by atoms with Gasteiger partial charge in [-0.05, 0) is 47.9 Å². The zero-order chi connectivity index (χ0) is 22.2. The molecule has 1 aliphatic rings. The number of halogens is 3. The summed E-state index contributed by atoms with van der Waals surface area (Å²) in [6.45, 7) is 0.465. The predicted octanol–water partition coefficient (Wildman–Crippen LogP) is 5.84. The lowest BCUT2D eigenvalue weighted by Crippen LogP contribution is -2.43. The molecule has 3 aromatic carbocycles. The Balaban J connectivity index is 1.53. The monoisotopic (exact) mass is 496 g/mol. The van der Waals surface area contributed by atoms with Crippen LogP contribution in [0.4, 0.5) is 5.69 Å². The van der Waals surface area contributed by atoms with Crippen molar-refractivity contribution in [3.05, 3.63) is 69.7 Å². The lowest BCUT2D eigenvalue weighted by atomic mass is 9.98. The van der Waals surface area contributed by atoms with Crippen LogP contribution in [0.25, 0.3) is 10.8 Å². The number of amides is 1. The topological polar surface area (TPSA) is 66.5 Å². The van der Waals surface area contributed by atoms with Gasteiger partial charge in [0.25, 0.3) is 0 Å². The number of piperidine rings is 1. The number of hydrogen-bond donors (Lipinski definition) is 1. The van der Waals surface area contributed by atoms with Crippen LogP contribution < -0.4 is 5.32 Å². The van der Waals surface area contributed by atoms with Crippen LogP contribution >= 0.6 is 34.8 Å². The highest BCUT2D eigenvalue weighted by Crippen LogP contribution is 2.33. The standard InChI is InChI=1S/C22H19Cl3N2O3S/c23-18-11-20(25)21(12-19(18)24)26-22(28)16-6-3-9-27(13-16)31(29,30)17-8-7-14-4-1-2-5-15(14)10-17/h1-2,4-5,7-8,10-12,16H,3,6,9,13H2,(H,26,28)/t16-/m1/s1. The van der Waals surface area contributed by atoms with Crippen molar-refractivity contribution in [3.8, 4) is 0 Å². The summed E-state index contributed by atoms with van der Waals surface area (Å²) in [4.78, 5) is 13.1. The molecule has 1 N–H and O–H groups in total. The van der Waals surface area contributed by atoms with E-state index in [1.807, 2.05) is 24.3 Å². The summed E-state index contributed by atoms with van der Waals surface area (Å²) in [5.74, 6) is -0.812. The van der Waals surface area contributed by atoms with E-state index in [0.717, 1.165) is 10.8 Å². The first-order chi connectivity index (χ1) is 14.8. The van der Waals surface area contributed by atoms with Crippen molar-refractivity contribution in [2.45, 2.75) is 17.7 Å². The van der Waals surface area contributed by atoms with E-state index in [9.17, 15) is 13.2 Å². The van der Waals surface area contributed by atoms with Gasteiger partial charge < -0.3 is 5.32 Å². The number of rotatable bonds is 4.